The summed E-state index contributed by atoms with van der Waals surface area (Å²) in [5.41, 5.74) is 1.61. The number of aromatic nitrogens is 2. The second-order valence-corrected chi connectivity index (χ2v) is 4.73. The fraction of sp³-hybridized carbons (Fsp3) is 0.273. The Hall–Kier alpha value is -1.42. The highest BCUT2D eigenvalue weighted by Gasteiger charge is 2.25. The summed E-state index contributed by atoms with van der Waals surface area (Å²) in [5.74, 6) is 0.555. The smallest absolute Gasteiger partial charge is 0.309 e. The number of thiophene rings is 1. The summed E-state index contributed by atoms with van der Waals surface area (Å²) in [5, 5.41) is 2.00. The van der Waals surface area contributed by atoms with Crippen LogP contribution < -0.4 is 5.69 Å². The fourth-order valence-corrected chi connectivity index (χ4v) is 2.33. The molecular formula is C11H10N2OS. The SMILES string of the molecule is O=c1nc(-c2cccs2)cc(C2CC2)[nH]1. The van der Waals surface area contributed by atoms with Crippen molar-refractivity contribution in [2.75, 3.05) is 0 Å². The highest BCUT2D eigenvalue weighted by atomic mass is 32.1. The summed E-state index contributed by atoms with van der Waals surface area (Å²) in [7, 11) is 0. The minimum atomic E-state index is -0.234. The van der Waals surface area contributed by atoms with Gasteiger partial charge in [0, 0.05) is 5.69 Å². The summed E-state index contributed by atoms with van der Waals surface area (Å²) in [6.07, 6.45) is 2.37. The van der Waals surface area contributed by atoms with Crippen LogP contribution in [-0.2, 0) is 0 Å². The van der Waals surface area contributed by atoms with E-state index in [9.17, 15) is 4.79 Å². The molecule has 1 aliphatic carbocycles. The Bertz CT molecular complexity index is 526. The van der Waals surface area contributed by atoms with Gasteiger partial charge in [-0.15, -0.1) is 11.3 Å². The molecule has 0 saturated heterocycles. The predicted molar refractivity (Wildman–Crippen MR) is 60.1 cm³/mol. The standard InChI is InChI=1S/C11H10N2OS/c14-11-12-8(7-3-4-7)6-9(13-11)10-2-1-5-15-10/h1-2,5-7H,3-4H2,(H,12,13,14). The highest BCUT2D eigenvalue weighted by Crippen LogP contribution is 2.39. The summed E-state index contributed by atoms with van der Waals surface area (Å²) in [4.78, 5) is 19.2. The molecule has 2 aromatic heterocycles. The van der Waals surface area contributed by atoms with Crippen LogP contribution in [-0.4, -0.2) is 9.97 Å². The van der Waals surface area contributed by atoms with Crippen molar-refractivity contribution >= 4 is 11.3 Å². The van der Waals surface area contributed by atoms with E-state index in [4.69, 9.17) is 0 Å². The third-order valence-electron chi connectivity index (χ3n) is 2.56. The molecule has 2 aromatic rings. The second kappa shape index (κ2) is 3.31. The monoisotopic (exact) mass is 218 g/mol. The van der Waals surface area contributed by atoms with Gasteiger partial charge in [0.1, 0.15) is 0 Å². The van der Waals surface area contributed by atoms with E-state index in [2.05, 4.69) is 9.97 Å². The van der Waals surface area contributed by atoms with Gasteiger partial charge in [-0.1, -0.05) is 6.07 Å². The highest BCUT2D eigenvalue weighted by molar-refractivity contribution is 7.13. The Morgan fingerprint density at radius 3 is 3.00 bits per heavy atom. The first-order valence-electron chi connectivity index (χ1n) is 4.98. The molecule has 4 heteroatoms. The first-order chi connectivity index (χ1) is 7.33. The van der Waals surface area contributed by atoms with E-state index in [-0.39, 0.29) is 5.69 Å². The van der Waals surface area contributed by atoms with Crippen LogP contribution in [0.15, 0.2) is 28.4 Å². The maximum absolute atomic E-state index is 11.4. The van der Waals surface area contributed by atoms with Gasteiger partial charge in [-0.25, -0.2) is 4.79 Å². The molecule has 0 aliphatic heterocycles. The minimum absolute atomic E-state index is 0.234. The molecule has 76 valence electrons. The van der Waals surface area contributed by atoms with E-state index in [1.54, 1.807) is 11.3 Å². The maximum Gasteiger partial charge on any atom is 0.345 e. The lowest BCUT2D eigenvalue weighted by Gasteiger charge is -2.00. The number of nitrogens with zero attached hydrogens (tertiary/aromatic N) is 1. The summed E-state index contributed by atoms with van der Waals surface area (Å²) in [6, 6.07) is 5.97. The third-order valence-corrected chi connectivity index (χ3v) is 3.45. The molecule has 0 atom stereocenters. The van der Waals surface area contributed by atoms with E-state index in [0.717, 1.165) is 16.3 Å². The van der Waals surface area contributed by atoms with E-state index in [1.807, 2.05) is 23.6 Å². The van der Waals surface area contributed by atoms with E-state index in [0.29, 0.717) is 5.92 Å². The molecule has 1 saturated carbocycles. The molecule has 0 radical (unpaired) electrons. The topological polar surface area (TPSA) is 45.8 Å². The lowest BCUT2D eigenvalue weighted by Crippen LogP contribution is -2.12. The van der Waals surface area contributed by atoms with Crippen molar-refractivity contribution in [3.05, 3.63) is 39.8 Å². The zero-order valence-electron chi connectivity index (χ0n) is 8.06. The van der Waals surface area contributed by atoms with Gasteiger partial charge in [-0.2, -0.15) is 4.98 Å². The molecule has 2 heterocycles. The number of H-pyrrole nitrogens is 1. The Labute approximate surface area is 90.8 Å². The molecule has 3 nitrogen and oxygen atoms in total. The van der Waals surface area contributed by atoms with Crippen LogP contribution in [0, 0.1) is 0 Å². The maximum atomic E-state index is 11.4. The molecule has 1 aliphatic rings. The predicted octanol–water partition coefficient (Wildman–Crippen LogP) is 2.38. The molecular weight excluding hydrogens is 208 g/mol. The molecule has 0 bridgehead atoms. The van der Waals surface area contributed by atoms with Crippen molar-refractivity contribution in [1.82, 2.24) is 9.97 Å². The van der Waals surface area contributed by atoms with Crippen molar-refractivity contribution in [1.29, 1.82) is 0 Å². The number of hydrogen-bond acceptors (Lipinski definition) is 3. The molecule has 0 spiro atoms. The Kier molecular flexibility index (Phi) is 1.95. The number of nitrogens with one attached hydrogen (secondary N) is 1. The van der Waals surface area contributed by atoms with Crippen LogP contribution in [0.3, 0.4) is 0 Å². The molecule has 1 N–H and O–H groups in total. The molecule has 15 heavy (non-hydrogen) atoms. The first-order valence-corrected chi connectivity index (χ1v) is 5.86. The molecule has 0 unspecified atom stereocenters. The Morgan fingerprint density at radius 2 is 2.33 bits per heavy atom. The average molecular weight is 218 g/mol. The van der Waals surface area contributed by atoms with Crippen LogP contribution in [0.5, 0.6) is 0 Å². The summed E-state index contributed by atoms with van der Waals surface area (Å²) < 4.78 is 0. The van der Waals surface area contributed by atoms with Gasteiger partial charge in [0.25, 0.3) is 0 Å². The van der Waals surface area contributed by atoms with Crippen molar-refractivity contribution in [3.63, 3.8) is 0 Å². The van der Waals surface area contributed by atoms with Gasteiger partial charge in [-0.05, 0) is 36.3 Å². The molecule has 3 rings (SSSR count). The van der Waals surface area contributed by atoms with Gasteiger partial charge in [0.2, 0.25) is 0 Å². The zero-order chi connectivity index (χ0) is 10.3. The Balaban J connectivity index is 2.11. The van der Waals surface area contributed by atoms with Crippen molar-refractivity contribution in [2.24, 2.45) is 0 Å². The fourth-order valence-electron chi connectivity index (χ4n) is 1.64. The minimum Gasteiger partial charge on any atom is -0.309 e. The molecule has 0 aromatic carbocycles. The largest absolute Gasteiger partial charge is 0.345 e. The van der Waals surface area contributed by atoms with Gasteiger partial charge >= 0.3 is 5.69 Å². The normalized spacial score (nSPS) is 15.5. The summed E-state index contributed by atoms with van der Waals surface area (Å²) in [6.45, 7) is 0. The van der Waals surface area contributed by atoms with Crippen LogP contribution in [0.25, 0.3) is 10.6 Å². The quantitative estimate of drug-likeness (QED) is 0.841. The van der Waals surface area contributed by atoms with Crippen LogP contribution in [0.1, 0.15) is 24.5 Å². The van der Waals surface area contributed by atoms with E-state index in [1.165, 1.54) is 12.8 Å². The number of hydrogen-bond donors (Lipinski definition) is 1. The lowest BCUT2D eigenvalue weighted by atomic mass is 10.2. The van der Waals surface area contributed by atoms with E-state index >= 15 is 0 Å². The van der Waals surface area contributed by atoms with Gasteiger partial charge in [0.05, 0.1) is 10.6 Å². The van der Waals surface area contributed by atoms with Gasteiger partial charge < -0.3 is 4.98 Å². The van der Waals surface area contributed by atoms with Gasteiger partial charge in [-0.3, -0.25) is 0 Å². The van der Waals surface area contributed by atoms with E-state index < -0.39 is 0 Å². The average Bonchev–Trinajstić information content (AvgIpc) is 2.93. The van der Waals surface area contributed by atoms with Crippen LogP contribution in [0.2, 0.25) is 0 Å². The van der Waals surface area contributed by atoms with Crippen LogP contribution in [0.4, 0.5) is 0 Å². The summed E-state index contributed by atoms with van der Waals surface area (Å²) >= 11 is 1.61. The lowest BCUT2D eigenvalue weighted by molar-refractivity contribution is 0.952. The molecule has 1 fully saturated rings. The second-order valence-electron chi connectivity index (χ2n) is 3.78. The third kappa shape index (κ3) is 1.72. The van der Waals surface area contributed by atoms with Crippen molar-refractivity contribution in [3.8, 4) is 10.6 Å². The first kappa shape index (κ1) is 8.85. The molecule has 0 amide bonds. The van der Waals surface area contributed by atoms with Gasteiger partial charge in [0.15, 0.2) is 0 Å². The van der Waals surface area contributed by atoms with Crippen molar-refractivity contribution in [2.45, 2.75) is 18.8 Å². The van der Waals surface area contributed by atoms with Crippen molar-refractivity contribution < 1.29 is 0 Å². The zero-order valence-corrected chi connectivity index (χ0v) is 8.88. The number of rotatable bonds is 2. The van der Waals surface area contributed by atoms with Crippen LogP contribution >= 0.6 is 11.3 Å². The number of aromatic amines is 1. The Morgan fingerprint density at radius 1 is 1.47 bits per heavy atom.